The van der Waals surface area contributed by atoms with Crippen molar-refractivity contribution < 1.29 is 14.6 Å². The molecule has 5 aromatic rings. The van der Waals surface area contributed by atoms with Gasteiger partial charge in [-0.3, -0.25) is 0 Å². The van der Waals surface area contributed by atoms with Crippen molar-refractivity contribution in [3.63, 3.8) is 0 Å². The molecule has 1 heterocycles. The van der Waals surface area contributed by atoms with Gasteiger partial charge in [0.15, 0.2) is 5.13 Å². The highest BCUT2D eigenvalue weighted by Gasteiger charge is 2.10. The van der Waals surface area contributed by atoms with Gasteiger partial charge < -0.3 is 31.4 Å². The van der Waals surface area contributed by atoms with Crippen LogP contribution in [0.4, 0.5) is 16.5 Å². The van der Waals surface area contributed by atoms with Gasteiger partial charge in [0.05, 0.1) is 30.1 Å². The van der Waals surface area contributed by atoms with Gasteiger partial charge in [-0.15, -0.1) is 0 Å². The van der Waals surface area contributed by atoms with E-state index in [1.54, 1.807) is 14.2 Å². The fourth-order valence-corrected chi connectivity index (χ4v) is 4.23. The third kappa shape index (κ3) is 6.28. The first kappa shape index (κ1) is 26.4. The maximum Gasteiger partial charge on any atom is 0.181 e. The van der Waals surface area contributed by atoms with Crippen LogP contribution in [0.15, 0.2) is 72.8 Å². The summed E-state index contributed by atoms with van der Waals surface area (Å²) in [5.74, 6) is 1.76. The summed E-state index contributed by atoms with van der Waals surface area (Å²) in [5, 5.41) is 16.0. The maximum atomic E-state index is 10.3. The molecule has 0 aliphatic heterocycles. The third-order valence-electron chi connectivity index (χ3n) is 5.32. The maximum absolute atomic E-state index is 10.3. The number of nitrogens with zero attached hydrogens (tertiary/aromatic N) is 1. The number of phenols is 1. The van der Waals surface area contributed by atoms with Crippen molar-refractivity contribution >= 4 is 48.8 Å². The highest BCUT2D eigenvalue weighted by Crippen LogP contribution is 2.34. The van der Waals surface area contributed by atoms with Gasteiger partial charge >= 0.3 is 0 Å². The molecule has 0 saturated heterocycles. The van der Waals surface area contributed by atoms with Crippen LogP contribution in [-0.4, -0.2) is 24.3 Å². The second kappa shape index (κ2) is 12.5. The molecular formula is C28H32N4O3S. The first-order valence-corrected chi connectivity index (χ1v) is 12.4. The van der Waals surface area contributed by atoms with E-state index in [4.69, 9.17) is 20.9 Å². The predicted octanol–water partition coefficient (Wildman–Crippen LogP) is 6.66. The predicted molar refractivity (Wildman–Crippen MR) is 152 cm³/mol. The number of ether oxygens (including phenoxy) is 2. The molecule has 0 radical (unpaired) electrons. The van der Waals surface area contributed by atoms with Crippen LogP contribution in [0.5, 0.6) is 17.2 Å². The van der Waals surface area contributed by atoms with Crippen LogP contribution in [0.3, 0.4) is 0 Å². The van der Waals surface area contributed by atoms with Gasteiger partial charge in [0, 0.05) is 29.2 Å². The monoisotopic (exact) mass is 504 g/mol. The molecule has 1 aromatic heterocycles. The van der Waals surface area contributed by atoms with Crippen molar-refractivity contribution in [2.75, 3.05) is 31.0 Å². The number of aromatic hydroxyl groups is 1. The molecule has 4 aromatic carbocycles. The molecule has 0 aliphatic rings. The van der Waals surface area contributed by atoms with Gasteiger partial charge in [0.2, 0.25) is 0 Å². The number of hydrogen-bond acceptors (Lipinski definition) is 8. The van der Waals surface area contributed by atoms with Crippen LogP contribution >= 0.6 is 11.3 Å². The van der Waals surface area contributed by atoms with Crippen LogP contribution in [-0.2, 0) is 6.54 Å². The largest absolute Gasteiger partial charge is 0.505 e. The number of nitrogen functional groups attached to an aromatic ring is 2. The minimum absolute atomic E-state index is 0.139. The summed E-state index contributed by atoms with van der Waals surface area (Å²) in [6.45, 7) is 4.49. The Labute approximate surface area is 215 Å². The Balaban J connectivity index is 0.000000217. The van der Waals surface area contributed by atoms with E-state index in [0.29, 0.717) is 17.4 Å². The van der Waals surface area contributed by atoms with E-state index in [1.165, 1.54) is 11.3 Å². The van der Waals surface area contributed by atoms with E-state index in [2.05, 4.69) is 10.3 Å². The Morgan fingerprint density at radius 2 is 1.56 bits per heavy atom. The zero-order valence-corrected chi connectivity index (χ0v) is 21.7. The first-order valence-electron chi connectivity index (χ1n) is 11.6. The van der Waals surface area contributed by atoms with E-state index >= 15 is 0 Å². The standard InChI is InChI=1S/C18H18N2O2.C8H8N2OS.C2H6/c1-22-15-8-6-14(7-9-15)20-11-13-10-12-4-2-3-5-16(12)17(19)18(13)21;1-11-5-2-3-7-6(4-5)10-8(9)12-7;1-2/h2-10,20-21H,11,19H2,1H3;2-4H,1H3,(H2,9,10);1-2H3. The van der Waals surface area contributed by atoms with E-state index < -0.39 is 0 Å². The lowest BCUT2D eigenvalue weighted by atomic mass is 10.0. The number of phenolic OH excluding ortho intramolecular Hbond substituents is 1. The number of nitrogens with one attached hydrogen (secondary N) is 1. The summed E-state index contributed by atoms with van der Waals surface area (Å²) < 4.78 is 11.3. The minimum Gasteiger partial charge on any atom is -0.505 e. The Bertz CT molecular complexity index is 1420. The van der Waals surface area contributed by atoms with Gasteiger partial charge in [-0.1, -0.05) is 49.4 Å². The normalized spacial score (nSPS) is 10.1. The van der Waals surface area contributed by atoms with Crippen molar-refractivity contribution in [1.82, 2.24) is 4.98 Å². The Kier molecular flexibility index (Phi) is 9.19. The van der Waals surface area contributed by atoms with Crippen LogP contribution in [0.1, 0.15) is 19.4 Å². The molecular weight excluding hydrogens is 472 g/mol. The average molecular weight is 505 g/mol. The number of nitrogens with two attached hydrogens (primary N) is 2. The molecule has 7 nitrogen and oxygen atoms in total. The van der Waals surface area contributed by atoms with Crippen molar-refractivity contribution in [2.24, 2.45) is 0 Å². The molecule has 0 saturated carbocycles. The SMILES string of the molecule is CC.COc1ccc(NCc2cc3ccccc3c(N)c2O)cc1.COc1ccc2sc(N)nc2c1. The number of thiazole rings is 1. The van der Waals surface area contributed by atoms with Gasteiger partial charge in [0.1, 0.15) is 17.2 Å². The summed E-state index contributed by atoms with van der Waals surface area (Å²) in [6, 6.07) is 23.1. The summed E-state index contributed by atoms with van der Waals surface area (Å²) in [4.78, 5) is 4.14. The zero-order valence-electron chi connectivity index (χ0n) is 20.9. The second-order valence-electron chi connectivity index (χ2n) is 7.49. The summed E-state index contributed by atoms with van der Waals surface area (Å²) in [5.41, 5.74) is 14.6. The molecule has 188 valence electrons. The molecule has 0 atom stereocenters. The smallest absolute Gasteiger partial charge is 0.181 e. The quantitative estimate of drug-likeness (QED) is 0.156. The molecule has 0 fully saturated rings. The van der Waals surface area contributed by atoms with Crippen LogP contribution in [0.25, 0.3) is 21.0 Å². The fourth-order valence-electron chi connectivity index (χ4n) is 3.52. The molecule has 5 rings (SSSR count). The molecule has 0 aliphatic carbocycles. The summed E-state index contributed by atoms with van der Waals surface area (Å²) in [7, 11) is 3.27. The lowest BCUT2D eigenvalue weighted by molar-refractivity contribution is 0.415. The number of anilines is 3. The number of hydrogen-bond donors (Lipinski definition) is 4. The minimum atomic E-state index is 0.139. The summed E-state index contributed by atoms with van der Waals surface area (Å²) in [6.07, 6.45) is 0. The number of fused-ring (bicyclic) bond motifs is 2. The topological polar surface area (TPSA) is 116 Å². The van der Waals surface area contributed by atoms with Crippen LogP contribution in [0, 0.1) is 0 Å². The van der Waals surface area contributed by atoms with E-state index in [9.17, 15) is 5.11 Å². The molecule has 0 bridgehead atoms. The highest BCUT2D eigenvalue weighted by atomic mass is 32.1. The van der Waals surface area contributed by atoms with Crippen molar-refractivity contribution in [2.45, 2.75) is 20.4 Å². The molecule has 0 unspecified atom stereocenters. The van der Waals surface area contributed by atoms with Gasteiger partial charge in [-0.05, 0) is 47.9 Å². The molecule has 6 N–H and O–H groups in total. The van der Waals surface area contributed by atoms with Gasteiger partial charge in [-0.25, -0.2) is 4.98 Å². The van der Waals surface area contributed by atoms with Crippen molar-refractivity contribution in [3.05, 3.63) is 78.4 Å². The summed E-state index contributed by atoms with van der Waals surface area (Å²) >= 11 is 1.48. The third-order valence-corrected chi connectivity index (χ3v) is 6.19. The van der Waals surface area contributed by atoms with Crippen LogP contribution < -0.4 is 26.3 Å². The van der Waals surface area contributed by atoms with E-state index in [-0.39, 0.29) is 5.75 Å². The second-order valence-corrected chi connectivity index (χ2v) is 8.55. The zero-order chi connectivity index (χ0) is 26.1. The number of aromatic nitrogens is 1. The van der Waals surface area contributed by atoms with Crippen LogP contribution in [0.2, 0.25) is 0 Å². The van der Waals surface area contributed by atoms with Crippen molar-refractivity contribution in [1.29, 1.82) is 0 Å². The Morgan fingerprint density at radius 3 is 2.25 bits per heavy atom. The lowest BCUT2D eigenvalue weighted by Crippen LogP contribution is -2.01. The molecule has 36 heavy (non-hydrogen) atoms. The highest BCUT2D eigenvalue weighted by molar-refractivity contribution is 7.22. The van der Waals surface area contributed by atoms with Crippen molar-refractivity contribution in [3.8, 4) is 17.2 Å². The Morgan fingerprint density at radius 1 is 0.889 bits per heavy atom. The number of benzene rings is 4. The lowest BCUT2D eigenvalue weighted by Gasteiger charge is -2.12. The van der Waals surface area contributed by atoms with Gasteiger partial charge in [-0.2, -0.15) is 0 Å². The van der Waals surface area contributed by atoms with E-state index in [0.717, 1.165) is 43.7 Å². The van der Waals surface area contributed by atoms with Gasteiger partial charge in [0.25, 0.3) is 0 Å². The molecule has 0 amide bonds. The van der Waals surface area contributed by atoms with E-state index in [1.807, 2.05) is 86.6 Å². The average Bonchev–Trinajstić information content (AvgIpc) is 3.31. The first-order chi connectivity index (χ1) is 17.5. The fraction of sp³-hybridized carbons (Fsp3) is 0.179. The number of rotatable bonds is 5. The molecule has 0 spiro atoms. The molecule has 8 heteroatoms. The number of methoxy groups -OCH3 is 2. The Hall–Kier alpha value is -4.17.